The molecular weight excluding hydrogens is 228 g/mol. The predicted molar refractivity (Wildman–Crippen MR) is 63.3 cm³/mol. The summed E-state index contributed by atoms with van der Waals surface area (Å²) in [7, 11) is 0. The van der Waals surface area contributed by atoms with Crippen molar-refractivity contribution in [2.24, 2.45) is 0 Å². The van der Waals surface area contributed by atoms with Crippen LogP contribution in [0.1, 0.15) is 5.69 Å². The Labute approximate surface area is 96.3 Å². The monoisotopic (exact) mass is 238 g/mol. The number of pyridine rings is 1. The molecule has 0 aliphatic carbocycles. The van der Waals surface area contributed by atoms with Crippen LogP contribution < -0.4 is 5.32 Å². The highest BCUT2D eigenvalue weighted by atomic mass is 32.2. The lowest BCUT2D eigenvalue weighted by Gasteiger charge is -2.03. The molecule has 0 spiro atoms. The van der Waals surface area contributed by atoms with E-state index in [0.717, 1.165) is 16.4 Å². The molecule has 1 N–H and O–H groups in total. The van der Waals surface area contributed by atoms with E-state index in [1.165, 1.54) is 11.5 Å². The van der Waals surface area contributed by atoms with E-state index in [1.54, 1.807) is 11.8 Å². The molecule has 0 unspecified atom stereocenters. The molecular formula is C9H10N4S2. The molecule has 4 nitrogen and oxygen atoms in total. The Balaban J connectivity index is 1.93. The van der Waals surface area contributed by atoms with E-state index >= 15 is 0 Å². The number of aromatic nitrogens is 3. The van der Waals surface area contributed by atoms with Crippen LogP contribution in [0, 0.1) is 0 Å². The van der Waals surface area contributed by atoms with Crippen LogP contribution in [-0.4, -0.2) is 20.8 Å². The maximum Gasteiger partial charge on any atom is 0.126 e. The lowest BCUT2D eigenvalue weighted by molar-refractivity contribution is 0.987. The third kappa shape index (κ3) is 2.90. The highest BCUT2D eigenvalue weighted by molar-refractivity contribution is 7.98. The van der Waals surface area contributed by atoms with Gasteiger partial charge in [0.05, 0.1) is 12.2 Å². The second kappa shape index (κ2) is 5.09. The SMILES string of the molecule is CSc1ccc(NCc2csnn2)nc1. The number of hydrogen-bond acceptors (Lipinski definition) is 6. The molecule has 0 aliphatic rings. The van der Waals surface area contributed by atoms with E-state index in [9.17, 15) is 0 Å². The molecule has 0 aliphatic heterocycles. The molecule has 0 amide bonds. The lowest BCUT2D eigenvalue weighted by atomic mass is 10.4. The quantitative estimate of drug-likeness (QED) is 0.828. The number of anilines is 1. The van der Waals surface area contributed by atoms with Crippen LogP contribution in [0.5, 0.6) is 0 Å². The van der Waals surface area contributed by atoms with Crippen molar-refractivity contribution in [3.05, 3.63) is 29.4 Å². The van der Waals surface area contributed by atoms with Gasteiger partial charge < -0.3 is 5.32 Å². The summed E-state index contributed by atoms with van der Waals surface area (Å²) in [6.07, 6.45) is 3.89. The molecule has 2 rings (SSSR count). The van der Waals surface area contributed by atoms with Gasteiger partial charge in [-0.05, 0) is 29.9 Å². The summed E-state index contributed by atoms with van der Waals surface area (Å²) in [5.74, 6) is 0.862. The zero-order valence-electron chi connectivity index (χ0n) is 8.17. The van der Waals surface area contributed by atoms with Gasteiger partial charge in [0.25, 0.3) is 0 Å². The van der Waals surface area contributed by atoms with Crippen molar-refractivity contribution in [2.75, 3.05) is 11.6 Å². The first kappa shape index (κ1) is 10.4. The van der Waals surface area contributed by atoms with Crippen LogP contribution in [-0.2, 0) is 6.54 Å². The molecule has 2 heterocycles. The van der Waals surface area contributed by atoms with E-state index in [-0.39, 0.29) is 0 Å². The largest absolute Gasteiger partial charge is 0.364 e. The van der Waals surface area contributed by atoms with Gasteiger partial charge in [0, 0.05) is 16.5 Å². The van der Waals surface area contributed by atoms with Gasteiger partial charge in [0.2, 0.25) is 0 Å². The molecule has 15 heavy (non-hydrogen) atoms. The van der Waals surface area contributed by atoms with Gasteiger partial charge in [0.15, 0.2) is 0 Å². The molecule has 78 valence electrons. The first-order valence-electron chi connectivity index (χ1n) is 4.38. The van der Waals surface area contributed by atoms with Crippen molar-refractivity contribution < 1.29 is 0 Å². The fourth-order valence-corrected chi connectivity index (χ4v) is 1.86. The van der Waals surface area contributed by atoms with E-state index in [0.29, 0.717) is 6.54 Å². The fourth-order valence-electron chi connectivity index (χ4n) is 1.05. The van der Waals surface area contributed by atoms with Gasteiger partial charge in [-0.15, -0.1) is 16.9 Å². The van der Waals surface area contributed by atoms with Gasteiger partial charge >= 0.3 is 0 Å². The first-order chi connectivity index (χ1) is 7.38. The number of thioether (sulfide) groups is 1. The zero-order chi connectivity index (χ0) is 10.5. The van der Waals surface area contributed by atoms with Crippen LogP contribution in [0.2, 0.25) is 0 Å². The maximum atomic E-state index is 4.27. The van der Waals surface area contributed by atoms with Gasteiger partial charge in [-0.25, -0.2) is 4.98 Å². The lowest BCUT2D eigenvalue weighted by Crippen LogP contribution is -2.01. The first-order valence-corrected chi connectivity index (χ1v) is 6.44. The minimum atomic E-state index is 0.669. The molecule has 0 atom stereocenters. The Morgan fingerprint density at radius 1 is 1.47 bits per heavy atom. The summed E-state index contributed by atoms with van der Waals surface area (Å²) < 4.78 is 3.79. The highest BCUT2D eigenvalue weighted by Crippen LogP contribution is 2.14. The molecule has 0 aromatic carbocycles. The maximum absolute atomic E-state index is 4.27. The Morgan fingerprint density at radius 2 is 2.40 bits per heavy atom. The summed E-state index contributed by atoms with van der Waals surface area (Å²) >= 11 is 3.04. The van der Waals surface area contributed by atoms with E-state index < -0.39 is 0 Å². The number of nitrogens with zero attached hydrogens (tertiary/aromatic N) is 3. The standard InChI is InChI=1S/C9H10N4S2/c1-14-8-2-3-9(11-5-8)10-4-7-6-15-13-12-7/h2-3,5-6H,4H2,1H3,(H,10,11). The highest BCUT2D eigenvalue weighted by Gasteiger charge is 1.97. The average molecular weight is 238 g/mol. The van der Waals surface area contributed by atoms with Crippen molar-refractivity contribution in [3.63, 3.8) is 0 Å². The predicted octanol–water partition coefficient (Wildman–Crippen LogP) is 2.27. The van der Waals surface area contributed by atoms with Crippen molar-refractivity contribution >= 4 is 29.1 Å². The van der Waals surface area contributed by atoms with Crippen molar-refractivity contribution in [1.82, 2.24) is 14.6 Å². The third-order valence-electron chi connectivity index (χ3n) is 1.83. The number of rotatable bonds is 4. The summed E-state index contributed by atoms with van der Waals surface area (Å²) in [5, 5.41) is 9.04. The molecule has 6 heteroatoms. The third-order valence-corrected chi connectivity index (χ3v) is 3.09. The normalized spacial score (nSPS) is 10.2. The van der Waals surface area contributed by atoms with Gasteiger partial charge in [-0.1, -0.05) is 4.49 Å². The average Bonchev–Trinajstić information content (AvgIpc) is 2.80. The van der Waals surface area contributed by atoms with Gasteiger partial charge in [-0.3, -0.25) is 0 Å². The number of nitrogens with one attached hydrogen (secondary N) is 1. The minimum absolute atomic E-state index is 0.669. The number of hydrogen-bond donors (Lipinski definition) is 1. The molecule has 0 radical (unpaired) electrons. The molecule has 2 aromatic heterocycles. The molecule has 0 saturated carbocycles. The van der Waals surface area contributed by atoms with E-state index in [2.05, 4.69) is 19.9 Å². The Bertz CT molecular complexity index is 399. The second-order valence-electron chi connectivity index (χ2n) is 2.83. The smallest absolute Gasteiger partial charge is 0.126 e. The van der Waals surface area contributed by atoms with Crippen molar-refractivity contribution in [1.29, 1.82) is 0 Å². The summed E-state index contributed by atoms with van der Waals surface area (Å²) in [6, 6.07) is 4.00. The zero-order valence-corrected chi connectivity index (χ0v) is 9.81. The van der Waals surface area contributed by atoms with Crippen molar-refractivity contribution in [3.8, 4) is 0 Å². The van der Waals surface area contributed by atoms with E-state index in [4.69, 9.17) is 0 Å². The van der Waals surface area contributed by atoms with Gasteiger partial charge in [-0.2, -0.15) is 0 Å². The molecule has 0 fully saturated rings. The van der Waals surface area contributed by atoms with E-state index in [1.807, 2.05) is 30.0 Å². The summed E-state index contributed by atoms with van der Waals surface area (Å²) in [4.78, 5) is 5.44. The van der Waals surface area contributed by atoms with Crippen LogP contribution >= 0.6 is 23.3 Å². The Kier molecular flexibility index (Phi) is 3.52. The van der Waals surface area contributed by atoms with Crippen LogP contribution in [0.4, 0.5) is 5.82 Å². The van der Waals surface area contributed by atoms with Crippen LogP contribution in [0.25, 0.3) is 0 Å². The second-order valence-corrected chi connectivity index (χ2v) is 4.32. The summed E-state index contributed by atoms with van der Waals surface area (Å²) in [6.45, 7) is 0.669. The van der Waals surface area contributed by atoms with Crippen LogP contribution in [0.15, 0.2) is 28.6 Å². The topological polar surface area (TPSA) is 50.7 Å². The fraction of sp³-hybridized carbons (Fsp3) is 0.222. The minimum Gasteiger partial charge on any atom is -0.364 e. The van der Waals surface area contributed by atoms with Crippen molar-refractivity contribution in [2.45, 2.75) is 11.4 Å². The molecule has 0 saturated heterocycles. The Hall–Kier alpha value is -1.14. The van der Waals surface area contributed by atoms with Crippen LogP contribution in [0.3, 0.4) is 0 Å². The Morgan fingerprint density at radius 3 is 3.00 bits per heavy atom. The molecule has 0 bridgehead atoms. The molecule has 2 aromatic rings. The van der Waals surface area contributed by atoms with Gasteiger partial charge in [0.1, 0.15) is 5.82 Å². The summed E-state index contributed by atoms with van der Waals surface area (Å²) in [5.41, 5.74) is 0.941.